The molecule has 2 N–H and O–H groups in total. The molecule has 136 valence electrons. The first-order chi connectivity index (χ1) is 12.3. The smallest absolute Gasteiger partial charge is 0.257 e. The number of benzene rings is 2. The highest BCUT2D eigenvalue weighted by Crippen LogP contribution is 2.18. The molecule has 0 spiro atoms. The van der Waals surface area contributed by atoms with Gasteiger partial charge in [-0.2, -0.15) is 0 Å². The number of ether oxygens (including phenoxy) is 1. The maximum absolute atomic E-state index is 12.3. The summed E-state index contributed by atoms with van der Waals surface area (Å²) >= 11 is 5.13. The minimum atomic E-state index is -1.27. The first-order valence-electron chi connectivity index (χ1n) is 7.98. The summed E-state index contributed by atoms with van der Waals surface area (Å²) in [4.78, 5) is 23.3. The molecule has 0 aromatic heterocycles. The summed E-state index contributed by atoms with van der Waals surface area (Å²) in [6.45, 7) is 5.47. The fourth-order valence-electron chi connectivity index (χ4n) is 2.28. The lowest BCUT2D eigenvalue weighted by molar-refractivity contribution is -0.255. The van der Waals surface area contributed by atoms with Gasteiger partial charge in [0.15, 0.2) is 5.11 Å². The molecular weight excluding hydrogens is 352 g/mol. The highest BCUT2D eigenvalue weighted by Gasteiger charge is 2.11. The molecule has 1 amide bonds. The van der Waals surface area contributed by atoms with E-state index in [9.17, 15) is 14.7 Å². The first kappa shape index (κ1) is 19.4. The standard InChI is InChI=1S/C19H20N2O4S/c1-11(2)25-14-9-7-13(8-10-14)17(22)21-19(26)20-16-6-4-5-15(12(16)3)18(23)24/h4-11H,1-3H3,(H,23,24)(H2,20,21,22,26)/p-1. The van der Waals surface area contributed by atoms with Gasteiger partial charge in [0.1, 0.15) is 5.75 Å². The Kier molecular flexibility index (Phi) is 6.30. The fraction of sp³-hybridized carbons (Fsp3) is 0.211. The largest absolute Gasteiger partial charge is 0.545 e. The number of carboxylic acid groups (broad SMARTS) is 1. The normalized spacial score (nSPS) is 10.3. The van der Waals surface area contributed by atoms with E-state index < -0.39 is 5.97 Å². The molecule has 0 radical (unpaired) electrons. The van der Waals surface area contributed by atoms with E-state index in [1.54, 1.807) is 43.3 Å². The average Bonchev–Trinajstić information content (AvgIpc) is 2.56. The second-order valence-corrected chi connectivity index (χ2v) is 6.27. The Hall–Kier alpha value is -2.93. The lowest BCUT2D eigenvalue weighted by atomic mass is 10.1. The molecule has 0 aliphatic rings. The summed E-state index contributed by atoms with van der Waals surface area (Å²) < 4.78 is 5.53. The van der Waals surface area contributed by atoms with Crippen LogP contribution in [0.15, 0.2) is 42.5 Å². The van der Waals surface area contributed by atoms with Crippen LogP contribution >= 0.6 is 12.2 Å². The lowest BCUT2D eigenvalue weighted by Crippen LogP contribution is -2.34. The molecule has 2 aromatic rings. The van der Waals surface area contributed by atoms with Crippen molar-refractivity contribution < 1.29 is 19.4 Å². The molecule has 0 fully saturated rings. The van der Waals surface area contributed by atoms with Gasteiger partial charge in [0.2, 0.25) is 0 Å². The van der Waals surface area contributed by atoms with Crippen LogP contribution in [-0.2, 0) is 0 Å². The molecule has 0 saturated heterocycles. The van der Waals surface area contributed by atoms with Gasteiger partial charge in [-0.05, 0) is 68.9 Å². The Morgan fingerprint density at radius 1 is 1.12 bits per heavy atom. The van der Waals surface area contributed by atoms with Crippen LogP contribution in [0.1, 0.15) is 40.1 Å². The van der Waals surface area contributed by atoms with Gasteiger partial charge in [-0.25, -0.2) is 0 Å². The van der Waals surface area contributed by atoms with E-state index in [-0.39, 0.29) is 22.7 Å². The minimum absolute atomic E-state index is 0.0476. The highest BCUT2D eigenvalue weighted by molar-refractivity contribution is 7.80. The number of thiocarbonyl (C=S) groups is 1. The predicted octanol–water partition coefficient (Wildman–Crippen LogP) is 2.27. The van der Waals surface area contributed by atoms with Gasteiger partial charge in [-0.3, -0.25) is 10.1 Å². The van der Waals surface area contributed by atoms with E-state index >= 15 is 0 Å². The van der Waals surface area contributed by atoms with E-state index in [0.717, 1.165) is 0 Å². The van der Waals surface area contributed by atoms with Crippen molar-refractivity contribution in [2.75, 3.05) is 5.32 Å². The third-order valence-electron chi connectivity index (χ3n) is 3.52. The van der Waals surface area contributed by atoms with Crippen LogP contribution in [0.2, 0.25) is 0 Å². The van der Waals surface area contributed by atoms with Crippen LogP contribution in [0.4, 0.5) is 5.69 Å². The second kappa shape index (κ2) is 8.44. The molecule has 0 unspecified atom stereocenters. The van der Waals surface area contributed by atoms with E-state index in [1.807, 2.05) is 13.8 Å². The molecule has 2 rings (SSSR count). The Balaban J connectivity index is 2.02. The quantitative estimate of drug-likeness (QED) is 0.784. The first-order valence-corrected chi connectivity index (χ1v) is 8.38. The summed E-state index contributed by atoms with van der Waals surface area (Å²) in [5.41, 5.74) is 1.44. The van der Waals surface area contributed by atoms with Gasteiger partial charge in [-0.1, -0.05) is 12.1 Å². The third kappa shape index (κ3) is 5.03. The summed E-state index contributed by atoms with van der Waals surface area (Å²) in [7, 11) is 0. The molecule has 7 heteroatoms. The average molecular weight is 371 g/mol. The number of carbonyl (C=O) groups is 2. The number of hydrogen-bond donors (Lipinski definition) is 2. The molecule has 0 heterocycles. The van der Waals surface area contributed by atoms with Gasteiger partial charge in [0, 0.05) is 16.8 Å². The van der Waals surface area contributed by atoms with Gasteiger partial charge in [-0.15, -0.1) is 0 Å². The van der Waals surface area contributed by atoms with Gasteiger partial charge in [0.25, 0.3) is 5.91 Å². The van der Waals surface area contributed by atoms with E-state index in [2.05, 4.69) is 10.6 Å². The molecule has 0 atom stereocenters. The van der Waals surface area contributed by atoms with Crippen molar-refractivity contribution in [3.63, 3.8) is 0 Å². The zero-order valence-electron chi connectivity index (χ0n) is 14.7. The monoisotopic (exact) mass is 371 g/mol. The lowest BCUT2D eigenvalue weighted by Gasteiger charge is -2.15. The SMILES string of the molecule is Cc1c(NC(=S)NC(=O)c2ccc(OC(C)C)cc2)cccc1C(=O)[O-]. The van der Waals surface area contributed by atoms with Crippen molar-refractivity contribution >= 4 is 34.9 Å². The topological polar surface area (TPSA) is 90.5 Å². The molecule has 26 heavy (non-hydrogen) atoms. The number of hydrogen-bond acceptors (Lipinski definition) is 5. The third-order valence-corrected chi connectivity index (χ3v) is 3.72. The molecule has 6 nitrogen and oxygen atoms in total. The van der Waals surface area contributed by atoms with Crippen molar-refractivity contribution in [3.8, 4) is 5.75 Å². The molecular formula is C19H19N2O4S-. The summed E-state index contributed by atoms with van der Waals surface area (Å²) in [6, 6.07) is 11.4. The van der Waals surface area contributed by atoms with Gasteiger partial charge >= 0.3 is 0 Å². The van der Waals surface area contributed by atoms with Crippen molar-refractivity contribution in [1.82, 2.24) is 5.32 Å². The summed E-state index contributed by atoms with van der Waals surface area (Å²) in [5, 5.41) is 16.5. The molecule has 0 aliphatic heterocycles. The van der Waals surface area contributed by atoms with Crippen molar-refractivity contribution in [1.29, 1.82) is 0 Å². The molecule has 0 saturated carbocycles. The van der Waals surface area contributed by atoms with Crippen LogP contribution < -0.4 is 20.5 Å². The van der Waals surface area contributed by atoms with E-state index in [1.165, 1.54) is 6.07 Å². The van der Waals surface area contributed by atoms with Crippen LogP contribution in [0.25, 0.3) is 0 Å². The number of anilines is 1. The number of nitrogens with one attached hydrogen (secondary N) is 2. The maximum atomic E-state index is 12.3. The van der Waals surface area contributed by atoms with Crippen LogP contribution in [0.3, 0.4) is 0 Å². The Labute approximate surface area is 157 Å². The summed E-state index contributed by atoms with van der Waals surface area (Å²) in [5.74, 6) is -0.982. The predicted molar refractivity (Wildman–Crippen MR) is 101 cm³/mol. The fourth-order valence-corrected chi connectivity index (χ4v) is 2.48. The van der Waals surface area contributed by atoms with Gasteiger partial charge in [0.05, 0.1) is 12.1 Å². The van der Waals surface area contributed by atoms with Crippen LogP contribution in [0, 0.1) is 6.92 Å². The van der Waals surface area contributed by atoms with Crippen LogP contribution in [0.5, 0.6) is 5.75 Å². The molecule has 0 bridgehead atoms. The van der Waals surface area contributed by atoms with Crippen molar-refractivity contribution in [3.05, 3.63) is 59.2 Å². The Morgan fingerprint density at radius 2 is 1.77 bits per heavy atom. The maximum Gasteiger partial charge on any atom is 0.257 e. The number of carbonyl (C=O) groups excluding carboxylic acids is 2. The number of aromatic carboxylic acids is 1. The van der Waals surface area contributed by atoms with E-state index in [4.69, 9.17) is 17.0 Å². The van der Waals surface area contributed by atoms with E-state index in [0.29, 0.717) is 22.6 Å². The zero-order chi connectivity index (χ0) is 19.3. The highest BCUT2D eigenvalue weighted by atomic mass is 32.1. The number of rotatable bonds is 5. The second-order valence-electron chi connectivity index (χ2n) is 5.86. The van der Waals surface area contributed by atoms with Crippen molar-refractivity contribution in [2.45, 2.75) is 26.9 Å². The van der Waals surface area contributed by atoms with Gasteiger partial charge < -0.3 is 20.0 Å². The van der Waals surface area contributed by atoms with Crippen LogP contribution in [-0.4, -0.2) is 23.1 Å². The Bertz CT molecular complexity index is 832. The summed E-state index contributed by atoms with van der Waals surface area (Å²) in [6.07, 6.45) is 0.0476. The Morgan fingerprint density at radius 3 is 2.35 bits per heavy atom. The van der Waals surface area contributed by atoms with Crippen molar-refractivity contribution in [2.24, 2.45) is 0 Å². The minimum Gasteiger partial charge on any atom is -0.545 e. The molecule has 0 aliphatic carbocycles. The number of amides is 1. The zero-order valence-corrected chi connectivity index (χ0v) is 15.5. The number of carboxylic acids is 1. The molecule has 2 aromatic carbocycles.